The number of likely N-dealkylation sites (N-methyl/N-ethyl adjacent to an activating group) is 1. The maximum atomic E-state index is 11.9. The van der Waals surface area contributed by atoms with Gasteiger partial charge in [0.2, 0.25) is 0 Å². The minimum atomic E-state index is -0.894. The molecule has 0 aromatic rings. The van der Waals surface area contributed by atoms with Crippen molar-refractivity contribution in [3.63, 3.8) is 0 Å². The molecule has 2 amide bonds. The third-order valence-corrected chi connectivity index (χ3v) is 3.46. The molecular weight excluding hydrogens is 264 g/mol. The Morgan fingerprint density at radius 1 is 1.40 bits per heavy atom. The lowest BCUT2D eigenvalue weighted by Crippen LogP contribution is -2.51. The summed E-state index contributed by atoms with van der Waals surface area (Å²) in [6.07, 6.45) is 1.43. The molecule has 0 bridgehead atoms. The maximum Gasteiger partial charge on any atom is 0.317 e. The largest absolute Gasteiger partial charge is 0.481 e. The molecule has 7 heteroatoms. The molecule has 116 valence electrons. The van der Waals surface area contributed by atoms with E-state index in [-0.39, 0.29) is 25.0 Å². The number of ether oxygens (including phenoxy) is 1. The van der Waals surface area contributed by atoms with Crippen molar-refractivity contribution in [2.45, 2.75) is 44.2 Å². The number of rotatable bonds is 6. The Morgan fingerprint density at radius 2 is 2.00 bits per heavy atom. The van der Waals surface area contributed by atoms with Gasteiger partial charge >= 0.3 is 12.0 Å². The van der Waals surface area contributed by atoms with Crippen LogP contribution in [0.4, 0.5) is 4.79 Å². The quantitative estimate of drug-likeness (QED) is 0.658. The summed E-state index contributed by atoms with van der Waals surface area (Å²) in [6, 6.07) is -0.520. The lowest BCUT2D eigenvalue weighted by Gasteiger charge is -2.35. The molecule has 1 saturated heterocycles. The molecule has 7 nitrogen and oxygen atoms in total. The topological polar surface area (TPSA) is 99.1 Å². The van der Waals surface area contributed by atoms with Gasteiger partial charge in [-0.25, -0.2) is 4.79 Å². The van der Waals surface area contributed by atoms with Crippen LogP contribution in [-0.4, -0.2) is 65.6 Å². The second-order valence-electron chi connectivity index (χ2n) is 5.48. The van der Waals surface area contributed by atoms with Gasteiger partial charge in [-0.05, 0) is 13.3 Å². The van der Waals surface area contributed by atoms with Gasteiger partial charge in [-0.3, -0.25) is 4.79 Å². The van der Waals surface area contributed by atoms with Crippen LogP contribution in [-0.2, 0) is 9.53 Å². The molecule has 3 N–H and O–H groups in total. The average Bonchev–Trinajstić information content (AvgIpc) is 2.36. The van der Waals surface area contributed by atoms with Gasteiger partial charge in [0.25, 0.3) is 0 Å². The van der Waals surface area contributed by atoms with Crippen LogP contribution in [0.3, 0.4) is 0 Å². The van der Waals surface area contributed by atoms with Crippen LogP contribution < -0.4 is 5.32 Å². The van der Waals surface area contributed by atoms with Crippen LogP contribution in [0.15, 0.2) is 0 Å². The fourth-order valence-corrected chi connectivity index (χ4v) is 2.16. The van der Waals surface area contributed by atoms with E-state index in [1.54, 1.807) is 14.0 Å². The number of hydrogen-bond donors (Lipinski definition) is 3. The van der Waals surface area contributed by atoms with Crippen molar-refractivity contribution in [2.24, 2.45) is 0 Å². The number of carbonyl (C=O) groups is 2. The number of hydrogen-bond acceptors (Lipinski definition) is 4. The molecule has 1 fully saturated rings. The summed E-state index contributed by atoms with van der Waals surface area (Å²) >= 11 is 0. The molecule has 0 radical (unpaired) electrons. The third-order valence-electron chi connectivity index (χ3n) is 3.46. The van der Waals surface area contributed by atoms with Crippen molar-refractivity contribution in [1.29, 1.82) is 0 Å². The van der Waals surface area contributed by atoms with Gasteiger partial charge in [0.05, 0.1) is 12.1 Å². The van der Waals surface area contributed by atoms with E-state index in [1.807, 2.05) is 0 Å². The van der Waals surface area contributed by atoms with Crippen LogP contribution in [0.2, 0.25) is 0 Å². The number of carboxylic acids is 1. The first kappa shape index (κ1) is 16.7. The second kappa shape index (κ2) is 7.44. The van der Waals surface area contributed by atoms with Crippen molar-refractivity contribution < 1.29 is 24.5 Å². The molecule has 20 heavy (non-hydrogen) atoms. The fourth-order valence-electron chi connectivity index (χ4n) is 2.16. The Morgan fingerprint density at radius 3 is 2.55 bits per heavy atom. The summed E-state index contributed by atoms with van der Waals surface area (Å²) in [6.45, 7) is 3.01. The molecule has 1 unspecified atom stereocenters. The van der Waals surface area contributed by atoms with Crippen molar-refractivity contribution in [3.05, 3.63) is 0 Å². The predicted octanol–water partition coefficient (Wildman–Crippen LogP) is 0.423. The maximum absolute atomic E-state index is 11.9. The molecule has 1 heterocycles. The summed E-state index contributed by atoms with van der Waals surface area (Å²) in [5.74, 6) is -0.879. The van der Waals surface area contributed by atoms with E-state index in [4.69, 9.17) is 9.84 Å². The van der Waals surface area contributed by atoms with E-state index >= 15 is 0 Å². The van der Waals surface area contributed by atoms with Crippen molar-refractivity contribution >= 4 is 12.0 Å². The second-order valence-corrected chi connectivity index (χ2v) is 5.48. The number of nitrogens with zero attached hydrogens (tertiary/aromatic N) is 1. The van der Waals surface area contributed by atoms with Gasteiger partial charge in [0, 0.05) is 45.6 Å². The first-order valence-corrected chi connectivity index (χ1v) is 6.86. The Bertz CT molecular complexity index is 342. The summed E-state index contributed by atoms with van der Waals surface area (Å²) in [5.41, 5.74) is -0.894. The molecule has 0 saturated carbocycles. The molecule has 0 aliphatic carbocycles. The lowest BCUT2D eigenvalue weighted by molar-refractivity contribution is -0.137. The smallest absolute Gasteiger partial charge is 0.317 e. The number of amides is 2. The zero-order valence-electron chi connectivity index (χ0n) is 12.1. The monoisotopic (exact) mass is 288 g/mol. The minimum Gasteiger partial charge on any atom is -0.481 e. The molecule has 0 aromatic heterocycles. The molecule has 1 atom stereocenters. The summed E-state index contributed by atoms with van der Waals surface area (Å²) in [5, 5.41) is 21.6. The van der Waals surface area contributed by atoms with E-state index in [1.165, 1.54) is 4.90 Å². The standard InChI is InChI=1S/C13H24N2O5/c1-10(3-4-11(16)17)14-12(18)15(2)9-13(19)5-7-20-8-6-13/h10,19H,3-9H2,1-2H3,(H,14,18)(H,16,17). The molecule has 0 aromatic carbocycles. The van der Waals surface area contributed by atoms with Crippen LogP contribution in [0.1, 0.15) is 32.6 Å². The molecule has 1 aliphatic heterocycles. The van der Waals surface area contributed by atoms with Crippen molar-refractivity contribution in [2.75, 3.05) is 26.8 Å². The molecular formula is C13H24N2O5. The Balaban J connectivity index is 2.36. The summed E-state index contributed by atoms with van der Waals surface area (Å²) in [7, 11) is 1.62. The lowest BCUT2D eigenvalue weighted by atomic mass is 9.94. The van der Waals surface area contributed by atoms with E-state index in [9.17, 15) is 14.7 Å². The highest BCUT2D eigenvalue weighted by Gasteiger charge is 2.32. The van der Waals surface area contributed by atoms with Crippen LogP contribution >= 0.6 is 0 Å². The fraction of sp³-hybridized carbons (Fsp3) is 0.846. The van der Waals surface area contributed by atoms with E-state index in [2.05, 4.69) is 5.32 Å². The van der Waals surface area contributed by atoms with Gasteiger partial charge in [-0.1, -0.05) is 0 Å². The van der Waals surface area contributed by atoms with Gasteiger partial charge in [0.1, 0.15) is 0 Å². The highest BCUT2D eigenvalue weighted by molar-refractivity contribution is 5.74. The van der Waals surface area contributed by atoms with E-state index < -0.39 is 11.6 Å². The third kappa shape index (κ3) is 5.75. The first-order valence-electron chi connectivity index (χ1n) is 6.86. The average molecular weight is 288 g/mol. The van der Waals surface area contributed by atoms with E-state index in [0.29, 0.717) is 32.5 Å². The number of aliphatic carboxylic acids is 1. The Kier molecular flexibility index (Phi) is 6.22. The van der Waals surface area contributed by atoms with Crippen molar-refractivity contribution in [1.82, 2.24) is 10.2 Å². The first-order chi connectivity index (χ1) is 9.32. The van der Waals surface area contributed by atoms with E-state index in [0.717, 1.165) is 0 Å². The zero-order valence-corrected chi connectivity index (χ0v) is 12.1. The number of urea groups is 1. The summed E-state index contributed by atoms with van der Waals surface area (Å²) < 4.78 is 5.19. The Labute approximate surface area is 118 Å². The normalized spacial score (nSPS) is 19.1. The number of aliphatic hydroxyl groups is 1. The van der Waals surface area contributed by atoms with Crippen LogP contribution in [0.25, 0.3) is 0 Å². The van der Waals surface area contributed by atoms with Gasteiger partial charge in [-0.15, -0.1) is 0 Å². The molecule has 1 rings (SSSR count). The van der Waals surface area contributed by atoms with Crippen LogP contribution in [0, 0.1) is 0 Å². The SMILES string of the molecule is CC(CCC(=O)O)NC(=O)N(C)CC1(O)CCOCC1. The zero-order chi connectivity index (χ0) is 15.2. The Hall–Kier alpha value is -1.34. The predicted molar refractivity (Wildman–Crippen MR) is 72.5 cm³/mol. The highest BCUT2D eigenvalue weighted by Crippen LogP contribution is 2.21. The number of carboxylic acid groups (broad SMARTS) is 1. The van der Waals surface area contributed by atoms with Gasteiger partial charge < -0.3 is 25.2 Å². The van der Waals surface area contributed by atoms with Crippen molar-refractivity contribution in [3.8, 4) is 0 Å². The van der Waals surface area contributed by atoms with Crippen LogP contribution in [0.5, 0.6) is 0 Å². The number of carbonyl (C=O) groups excluding carboxylic acids is 1. The minimum absolute atomic E-state index is 0.0203. The van der Waals surface area contributed by atoms with Gasteiger partial charge in [0.15, 0.2) is 0 Å². The molecule has 1 aliphatic rings. The summed E-state index contributed by atoms with van der Waals surface area (Å²) in [4.78, 5) is 23.8. The highest BCUT2D eigenvalue weighted by atomic mass is 16.5. The molecule has 0 spiro atoms. The van der Waals surface area contributed by atoms with Gasteiger partial charge in [-0.2, -0.15) is 0 Å². The number of nitrogens with one attached hydrogen (secondary N) is 1.